The molecule has 33 heavy (non-hydrogen) atoms. The quantitative estimate of drug-likeness (QED) is 0.377. The Morgan fingerprint density at radius 1 is 0.788 bits per heavy atom. The Bertz CT molecular complexity index is 1180. The molecule has 166 valence electrons. The fourth-order valence-electron chi connectivity index (χ4n) is 3.25. The molecule has 0 fully saturated rings. The first-order chi connectivity index (χ1) is 16.2. The Hall–Kier alpha value is -3.97. The van der Waals surface area contributed by atoms with Crippen LogP contribution in [0.4, 0.5) is 10.5 Å². The highest BCUT2D eigenvalue weighted by atomic mass is 32.1. The number of nitrogens with zero attached hydrogens (tertiary/aromatic N) is 2. The van der Waals surface area contributed by atoms with Crippen molar-refractivity contribution < 1.29 is 9.59 Å². The van der Waals surface area contributed by atoms with Gasteiger partial charge in [0.05, 0.1) is 6.54 Å². The molecule has 4 aromatic rings. The lowest BCUT2D eigenvalue weighted by atomic mass is 10.2. The Morgan fingerprint density at radius 2 is 1.39 bits per heavy atom. The number of rotatable bonds is 8. The third kappa shape index (κ3) is 6.51. The van der Waals surface area contributed by atoms with Gasteiger partial charge in [-0.1, -0.05) is 78.9 Å². The van der Waals surface area contributed by atoms with Gasteiger partial charge in [-0.15, -0.1) is 11.3 Å². The van der Waals surface area contributed by atoms with E-state index in [2.05, 4.69) is 15.6 Å². The molecule has 6 nitrogen and oxygen atoms in total. The topological polar surface area (TPSA) is 74.3 Å². The molecule has 0 saturated carbocycles. The molecule has 0 atom stereocenters. The summed E-state index contributed by atoms with van der Waals surface area (Å²) in [7, 11) is 0. The van der Waals surface area contributed by atoms with E-state index < -0.39 is 0 Å². The van der Waals surface area contributed by atoms with Crippen molar-refractivity contribution >= 4 is 29.0 Å². The molecule has 1 aromatic heterocycles. The summed E-state index contributed by atoms with van der Waals surface area (Å²) in [6.45, 7) is 1.16. The van der Waals surface area contributed by atoms with Crippen molar-refractivity contribution in [3.8, 4) is 0 Å². The predicted molar refractivity (Wildman–Crippen MR) is 131 cm³/mol. The summed E-state index contributed by atoms with van der Waals surface area (Å²) in [4.78, 5) is 31.7. The number of urea groups is 1. The molecule has 2 N–H and O–H groups in total. The van der Waals surface area contributed by atoms with Gasteiger partial charge in [-0.2, -0.15) is 0 Å². The molecule has 0 unspecified atom stereocenters. The van der Waals surface area contributed by atoms with Gasteiger partial charge >= 0.3 is 6.03 Å². The van der Waals surface area contributed by atoms with E-state index in [0.29, 0.717) is 30.3 Å². The minimum Gasteiger partial charge on any atom is -0.347 e. The van der Waals surface area contributed by atoms with Crippen LogP contribution in [0.15, 0.2) is 96.4 Å². The van der Waals surface area contributed by atoms with Crippen LogP contribution < -0.4 is 10.6 Å². The van der Waals surface area contributed by atoms with E-state index in [4.69, 9.17) is 0 Å². The van der Waals surface area contributed by atoms with Crippen molar-refractivity contribution in [1.82, 2.24) is 15.2 Å². The number of thiazole rings is 1. The van der Waals surface area contributed by atoms with E-state index in [9.17, 15) is 9.59 Å². The van der Waals surface area contributed by atoms with E-state index >= 15 is 0 Å². The largest absolute Gasteiger partial charge is 0.347 e. The van der Waals surface area contributed by atoms with Crippen LogP contribution >= 0.6 is 11.3 Å². The van der Waals surface area contributed by atoms with E-state index in [1.54, 1.807) is 10.3 Å². The molecule has 0 bridgehead atoms. The Kier molecular flexibility index (Phi) is 7.45. The first-order valence-electron chi connectivity index (χ1n) is 10.6. The third-order valence-corrected chi connectivity index (χ3v) is 5.77. The van der Waals surface area contributed by atoms with Gasteiger partial charge in [0, 0.05) is 24.2 Å². The fraction of sp³-hybridized carbons (Fsp3) is 0.115. The molecule has 0 aliphatic rings. The van der Waals surface area contributed by atoms with Gasteiger partial charge in [0.15, 0.2) is 0 Å². The van der Waals surface area contributed by atoms with Crippen molar-refractivity contribution in [3.05, 3.63) is 118 Å². The number of anilines is 1. The second-order valence-corrected chi connectivity index (χ2v) is 8.38. The molecule has 0 aliphatic carbocycles. The number of hydrogen-bond donors (Lipinski definition) is 2. The van der Waals surface area contributed by atoms with Gasteiger partial charge in [-0.25, -0.2) is 9.78 Å². The van der Waals surface area contributed by atoms with Crippen LogP contribution in [-0.4, -0.2) is 21.8 Å². The molecule has 7 heteroatoms. The van der Waals surface area contributed by atoms with Crippen LogP contribution in [0.3, 0.4) is 0 Å². The number of amides is 3. The van der Waals surface area contributed by atoms with Crippen molar-refractivity contribution in [2.75, 3.05) is 5.32 Å². The Labute approximate surface area is 196 Å². The van der Waals surface area contributed by atoms with Gasteiger partial charge in [0.2, 0.25) is 0 Å². The summed E-state index contributed by atoms with van der Waals surface area (Å²) >= 11 is 1.37. The average Bonchev–Trinajstić information content (AvgIpc) is 3.33. The summed E-state index contributed by atoms with van der Waals surface area (Å²) in [5, 5.41) is 8.25. The number of carbonyl (C=O) groups excluding carboxylic acids is 2. The van der Waals surface area contributed by atoms with Crippen LogP contribution in [0, 0.1) is 0 Å². The monoisotopic (exact) mass is 456 g/mol. The summed E-state index contributed by atoms with van der Waals surface area (Å²) in [5.74, 6) is -0.232. The molecule has 0 aliphatic heterocycles. The standard InChI is InChI=1S/C26H24N4O2S/c31-25(27-16-20-10-4-1-5-11-20)23-19-33-24(29-23)18-30(17-21-12-6-2-7-13-21)26(32)28-22-14-8-3-9-15-22/h1-15,19H,16-18H2,(H,27,31)(H,28,32). The van der Waals surface area contributed by atoms with Crippen molar-refractivity contribution in [3.63, 3.8) is 0 Å². The molecule has 0 radical (unpaired) electrons. The van der Waals surface area contributed by atoms with Crippen LogP contribution in [-0.2, 0) is 19.6 Å². The van der Waals surface area contributed by atoms with Crippen LogP contribution in [0.1, 0.15) is 26.6 Å². The number of aromatic nitrogens is 1. The maximum Gasteiger partial charge on any atom is 0.322 e. The van der Waals surface area contributed by atoms with Gasteiger partial charge in [0.1, 0.15) is 10.7 Å². The lowest BCUT2D eigenvalue weighted by Gasteiger charge is -2.22. The second-order valence-electron chi connectivity index (χ2n) is 7.43. The van der Waals surface area contributed by atoms with Crippen LogP contribution in [0.25, 0.3) is 0 Å². The fourth-order valence-corrected chi connectivity index (χ4v) is 4.04. The van der Waals surface area contributed by atoms with E-state index in [-0.39, 0.29) is 11.9 Å². The zero-order valence-electron chi connectivity index (χ0n) is 18.0. The zero-order valence-corrected chi connectivity index (χ0v) is 18.8. The molecular weight excluding hydrogens is 432 g/mol. The van der Waals surface area contributed by atoms with Gasteiger partial charge < -0.3 is 15.5 Å². The minimum atomic E-state index is -0.232. The summed E-state index contributed by atoms with van der Waals surface area (Å²) in [6.07, 6.45) is 0. The Balaban J connectivity index is 1.43. The maximum atomic E-state index is 13.0. The van der Waals surface area contributed by atoms with Crippen molar-refractivity contribution in [2.45, 2.75) is 19.6 Å². The van der Waals surface area contributed by atoms with E-state index in [0.717, 1.165) is 16.8 Å². The minimum absolute atomic E-state index is 0.227. The first kappa shape index (κ1) is 22.2. The van der Waals surface area contributed by atoms with Crippen molar-refractivity contribution in [1.29, 1.82) is 0 Å². The number of hydrogen-bond acceptors (Lipinski definition) is 4. The number of benzene rings is 3. The second kappa shape index (κ2) is 11.1. The van der Waals surface area contributed by atoms with Gasteiger partial charge in [-0.3, -0.25) is 4.79 Å². The lowest BCUT2D eigenvalue weighted by molar-refractivity contribution is 0.0946. The molecule has 3 aromatic carbocycles. The number of para-hydroxylation sites is 1. The smallest absolute Gasteiger partial charge is 0.322 e. The van der Waals surface area contributed by atoms with Crippen LogP contribution in [0.5, 0.6) is 0 Å². The highest BCUT2D eigenvalue weighted by Crippen LogP contribution is 2.17. The third-order valence-electron chi connectivity index (χ3n) is 4.93. The Morgan fingerprint density at radius 3 is 2.06 bits per heavy atom. The average molecular weight is 457 g/mol. The van der Waals surface area contributed by atoms with Gasteiger partial charge in [-0.05, 0) is 23.3 Å². The molecular formula is C26H24N4O2S. The number of nitrogens with one attached hydrogen (secondary N) is 2. The lowest BCUT2D eigenvalue weighted by Crippen LogP contribution is -2.34. The summed E-state index contributed by atoms with van der Waals surface area (Å²) < 4.78 is 0. The van der Waals surface area contributed by atoms with E-state index in [1.165, 1.54) is 11.3 Å². The first-order valence-corrected chi connectivity index (χ1v) is 11.5. The molecule has 4 rings (SSSR count). The summed E-state index contributed by atoms with van der Waals surface area (Å²) in [5.41, 5.74) is 3.11. The highest BCUT2D eigenvalue weighted by molar-refractivity contribution is 7.09. The van der Waals surface area contributed by atoms with E-state index in [1.807, 2.05) is 91.0 Å². The summed E-state index contributed by atoms with van der Waals surface area (Å²) in [6, 6.07) is 28.6. The van der Waals surface area contributed by atoms with Crippen LogP contribution in [0.2, 0.25) is 0 Å². The molecule has 1 heterocycles. The predicted octanol–water partition coefficient (Wildman–Crippen LogP) is 5.31. The zero-order chi connectivity index (χ0) is 22.9. The number of carbonyl (C=O) groups is 2. The van der Waals surface area contributed by atoms with Gasteiger partial charge in [0.25, 0.3) is 5.91 Å². The molecule has 0 saturated heterocycles. The SMILES string of the molecule is O=C(NCc1ccccc1)c1csc(CN(Cc2ccccc2)C(=O)Nc2ccccc2)n1. The molecule has 0 spiro atoms. The normalized spacial score (nSPS) is 10.4. The maximum absolute atomic E-state index is 13.0. The highest BCUT2D eigenvalue weighted by Gasteiger charge is 2.18. The molecule has 3 amide bonds. The van der Waals surface area contributed by atoms with Crippen molar-refractivity contribution in [2.24, 2.45) is 0 Å².